The summed E-state index contributed by atoms with van der Waals surface area (Å²) in [6, 6.07) is 15.7. The van der Waals surface area contributed by atoms with Crippen LogP contribution in [0.4, 0.5) is 0 Å². The monoisotopic (exact) mass is 269 g/mol. The lowest BCUT2D eigenvalue weighted by molar-refractivity contribution is 0.303. The minimum atomic E-state index is -0.193. The van der Waals surface area contributed by atoms with E-state index in [0.717, 1.165) is 22.6 Å². The third-order valence-corrected chi connectivity index (χ3v) is 3.54. The summed E-state index contributed by atoms with van der Waals surface area (Å²) in [6.07, 6.45) is 2.76. The van der Waals surface area contributed by atoms with Crippen LogP contribution in [0.15, 0.2) is 48.5 Å². The predicted molar refractivity (Wildman–Crippen MR) is 79.1 cm³/mol. The van der Waals surface area contributed by atoms with Crippen LogP contribution in [0.1, 0.15) is 30.0 Å². The highest BCUT2D eigenvalue weighted by molar-refractivity contribution is 5.42. The van der Waals surface area contributed by atoms with E-state index in [9.17, 15) is 0 Å². The van der Waals surface area contributed by atoms with Gasteiger partial charge in [-0.3, -0.25) is 0 Å². The Morgan fingerprint density at radius 2 is 1.75 bits per heavy atom. The molecule has 0 aromatic heterocycles. The topological polar surface area (TPSA) is 44.5 Å². The number of hydrogen-bond acceptors (Lipinski definition) is 3. The first kappa shape index (κ1) is 13.0. The predicted octanol–water partition coefficient (Wildman–Crippen LogP) is 3.28. The first-order valence-electron chi connectivity index (χ1n) is 6.93. The fraction of sp³-hybridized carbons (Fsp3) is 0.294. The van der Waals surface area contributed by atoms with Crippen LogP contribution in [-0.2, 0) is 0 Å². The Balaban J connectivity index is 1.80. The zero-order valence-corrected chi connectivity index (χ0v) is 11.6. The van der Waals surface area contributed by atoms with Crippen molar-refractivity contribution in [1.82, 2.24) is 0 Å². The van der Waals surface area contributed by atoms with Gasteiger partial charge < -0.3 is 15.2 Å². The van der Waals surface area contributed by atoms with Crippen molar-refractivity contribution in [2.75, 3.05) is 7.11 Å². The minimum absolute atomic E-state index is 0.193. The van der Waals surface area contributed by atoms with Gasteiger partial charge in [0.05, 0.1) is 19.3 Å². The number of methoxy groups -OCH3 is 1. The van der Waals surface area contributed by atoms with Crippen LogP contribution in [0.25, 0.3) is 0 Å². The molecule has 2 aromatic rings. The fourth-order valence-electron chi connectivity index (χ4n) is 2.23. The Morgan fingerprint density at radius 3 is 2.40 bits per heavy atom. The van der Waals surface area contributed by atoms with Gasteiger partial charge in [0.25, 0.3) is 0 Å². The van der Waals surface area contributed by atoms with E-state index in [1.165, 1.54) is 12.8 Å². The van der Waals surface area contributed by atoms with Crippen molar-refractivity contribution in [2.24, 2.45) is 5.73 Å². The summed E-state index contributed by atoms with van der Waals surface area (Å²) in [5.74, 6) is 1.74. The SMILES string of the molecule is COc1ccccc1C(N)c1ccc(OC2CC2)cc1. The van der Waals surface area contributed by atoms with Crippen LogP contribution in [0, 0.1) is 0 Å². The molecule has 1 unspecified atom stereocenters. The maximum absolute atomic E-state index is 6.34. The summed E-state index contributed by atoms with van der Waals surface area (Å²) in [6.45, 7) is 0. The molecule has 3 rings (SSSR count). The summed E-state index contributed by atoms with van der Waals surface area (Å²) in [5.41, 5.74) is 8.38. The maximum atomic E-state index is 6.34. The molecule has 0 heterocycles. The number of nitrogens with two attached hydrogens (primary N) is 1. The van der Waals surface area contributed by atoms with E-state index in [0.29, 0.717) is 6.10 Å². The van der Waals surface area contributed by atoms with Crippen molar-refractivity contribution in [3.8, 4) is 11.5 Å². The third-order valence-electron chi connectivity index (χ3n) is 3.54. The summed E-state index contributed by atoms with van der Waals surface area (Å²) >= 11 is 0. The molecule has 20 heavy (non-hydrogen) atoms. The Morgan fingerprint density at radius 1 is 1.05 bits per heavy atom. The first-order valence-corrected chi connectivity index (χ1v) is 6.93. The van der Waals surface area contributed by atoms with Crippen molar-refractivity contribution in [1.29, 1.82) is 0 Å². The molecule has 1 atom stereocenters. The lowest BCUT2D eigenvalue weighted by atomic mass is 9.99. The number of para-hydroxylation sites is 1. The van der Waals surface area contributed by atoms with Crippen LogP contribution in [-0.4, -0.2) is 13.2 Å². The highest BCUT2D eigenvalue weighted by Gasteiger charge is 2.23. The molecule has 0 bridgehead atoms. The summed E-state index contributed by atoms with van der Waals surface area (Å²) in [7, 11) is 1.66. The van der Waals surface area contributed by atoms with E-state index in [-0.39, 0.29) is 6.04 Å². The summed E-state index contributed by atoms with van der Waals surface area (Å²) in [4.78, 5) is 0. The average Bonchev–Trinajstić information content (AvgIpc) is 3.31. The van der Waals surface area contributed by atoms with Crippen molar-refractivity contribution in [3.05, 3.63) is 59.7 Å². The van der Waals surface area contributed by atoms with Gasteiger partial charge in [0, 0.05) is 5.56 Å². The molecular formula is C17H19NO2. The smallest absolute Gasteiger partial charge is 0.123 e. The zero-order chi connectivity index (χ0) is 13.9. The van der Waals surface area contributed by atoms with Gasteiger partial charge in [-0.05, 0) is 36.6 Å². The maximum Gasteiger partial charge on any atom is 0.123 e. The molecule has 2 N–H and O–H groups in total. The lowest BCUT2D eigenvalue weighted by Crippen LogP contribution is -2.13. The highest BCUT2D eigenvalue weighted by Crippen LogP contribution is 2.30. The van der Waals surface area contributed by atoms with Crippen LogP contribution < -0.4 is 15.2 Å². The van der Waals surface area contributed by atoms with Gasteiger partial charge in [0.15, 0.2) is 0 Å². The van der Waals surface area contributed by atoms with Gasteiger partial charge in [-0.1, -0.05) is 30.3 Å². The Labute approximate surface area is 119 Å². The van der Waals surface area contributed by atoms with Crippen LogP contribution >= 0.6 is 0 Å². The number of hydrogen-bond donors (Lipinski definition) is 1. The highest BCUT2D eigenvalue weighted by atomic mass is 16.5. The lowest BCUT2D eigenvalue weighted by Gasteiger charge is -2.16. The second-order valence-corrected chi connectivity index (χ2v) is 5.11. The zero-order valence-electron chi connectivity index (χ0n) is 11.6. The van der Waals surface area contributed by atoms with Gasteiger partial charge in [-0.25, -0.2) is 0 Å². The fourth-order valence-corrected chi connectivity index (χ4v) is 2.23. The normalized spacial score (nSPS) is 15.7. The molecule has 1 aliphatic rings. The number of benzene rings is 2. The van der Waals surface area contributed by atoms with Crippen LogP contribution in [0.5, 0.6) is 11.5 Å². The van der Waals surface area contributed by atoms with Gasteiger partial charge in [-0.15, -0.1) is 0 Å². The number of ether oxygens (including phenoxy) is 2. The Bertz CT molecular complexity index is 576. The molecule has 3 nitrogen and oxygen atoms in total. The van der Waals surface area contributed by atoms with Crippen LogP contribution in [0.3, 0.4) is 0 Å². The second-order valence-electron chi connectivity index (χ2n) is 5.11. The molecule has 0 radical (unpaired) electrons. The molecule has 1 saturated carbocycles. The van der Waals surface area contributed by atoms with Gasteiger partial charge >= 0.3 is 0 Å². The van der Waals surface area contributed by atoms with Gasteiger partial charge in [0.1, 0.15) is 11.5 Å². The minimum Gasteiger partial charge on any atom is -0.496 e. The Hall–Kier alpha value is -2.00. The van der Waals surface area contributed by atoms with Crippen molar-refractivity contribution >= 4 is 0 Å². The molecule has 1 fully saturated rings. The Kier molecular flexibility index (Phi) is 3.61. The average molecular weight is 269 g/mol. The second kappa shape index (κ2) is 5.55. The molecule has 0 spiro atoms. The molecule has 0 saturated heterocycles. The first-order chi connectivity index (χ1) is 9.78. The van der Waals surface area contributed by atoms with Crippen molar-refractivity contribution in [2.45, 2.75) is 25.0 Å². The van der Waals surface area contributed by atoms with E-state index in [4.69, 9.17) is 15.2 Å². The van der Waals surface area contributed by atoms with E-state index in [2.05, 4.69) is 0 Å². The largest absolute Gasteiger partial charge is 0.496 e. The quantitative estimate of drug-likeness (QED) is 0.906. The molecule has 2 aromatic carbocycles. The summed E-state index contributed by atoms with van der Waals surface area (Å²) in [5, 5.41) is 0. The molecule has 104 valence electrons. The molecule has 1 aliphatic carbocycles. The van der Waals surface area contributed by atoms with E-state index in [1.54, 1.807) is 7.11 Å². The summed E-state index contributed by atoms with van der Waals surface area (Å²) < 4.78 is 11.1. The third kappa shape index (κ3) is 2.78. The van der Waals surface area contributed by atoms with Crippen molar-refractivity contribution in [3.63, 3.8) is 0 Å². The van der Waals surface area contributed by atoms with E-state index in [1.807, 2.05) is 48.5 Å². The molecular weight excluding hydrogens is 250 g/mol. The van der Waals surface area contributed by atoms with Gasteiger partial charge in [0.2, 0.25) is 0 Å². The van der Waals surface area contributed by atoms with Crippen molar-refractivity contribution < 1.29 is 9.47 Å². The van der Waals surface area contributed by atoms with Crippen LogP contribution in [0.2, 0.25) is 0 Å². The number of rotatable bonds is 5. The molecule has 0 aliphatic heterocycles. The molecule has 0 amide bonds. The standard InChI is InChI=1S/C17H19NO2/c1-19-16-5-3-2-4-15(16)17(18)12-6-8-13(9-7-12)20-14-10-11-14/h2-9,14,17H,10-11,18H2,1H3. The van der Waals surface area contributed by atoms with Gasteiger partial charge in [-0.2, -0.15) is 0 Å². The van der Waals surface area contributed by atoms with E-state index < -0.39 is 0 Å². The molecule has 3 heteroatoms. The van der Waals surface area contributed by atoms with E-state index >= 15 is 0 Å².